The van der Waals surface area contributed by atoms with Gasteiger partial charge in [-0.3, -0.25) is 4.79 Å². The van der Waals surface area contributed by atoms with Crippen molar-refractivity contribution < 1.29 is 13.9 Å². The summed E-state index contributed by atoms with van der Waals surface area (Å²) in [5, 5.41) is 5.12. The topological polar surface area (TPSA) is 77.2 Å². The van der Waals surface area contributed by atoms with Crippen LogP contribution in [0.5, 0.6) is 5.75 Å². The highest BCUT2D eigenvalue weighted by molar-refractivity contribution is 7.09. The smallest absolute Gasteiger partial charge is 0.270 e. The quantitative estimate of drug-likeness (QED) is 0.796. The maximum Gasteiger partial charge on any atom is 0.270 e. The molecule has 0 bridgehead atoms. The monoisotopic (exact) mass is 359 g/mol. The molecule has 0 aliphatic heterocycles. The summed E-state index contributed by atoms with van der Waals surface area (Å²) in [7, 11) is 0. The molecule has 0 spiro atoms. The van der Waals surface area contributed by atoms with Gasteiger partial charge in [-0.1, -0.05) is 19.1 Å². The molecule has 1 heterocycles. The average Bonchev–Trinajstić information content (AvgIpc) is 3.02. The summed E-state index contributed by atoms with van der Waals surface area (Å²) < 4.78 is 19.1. The summed E-state index contributed by atoms with van der Waals surface area (Å²) >= 11 is 1.34. The van der Waals surface area contributed by atoms with E-state index in [1.807, 2.05) is 6.92 Å². The van der Waals surface area contributed by atoms with Crippen LogP contribution in [0, 0.1) is 5.82 Å². The second-order valence-electron chi connectivity index (χ2n) is 4.62. The maximum atomic E-state index is 13.6. The molecule has 2 rings (SSSR count). The molecule has 0 fully saturated rings. The van der Waals surface area contributed by atoms with Crippen molar-refractivity contribution in [2.24, 2.45) is 5.73 Å². The van der Waals surface area contributed by atoms with Crippen molar-refractivity contribution in [1.82, 2.24) is 10.3 Å². The molecular formula is C15H19ClFN3O2S. The highest BCUT2D eigenvalue weighted by atomic mass is 35.5. The fourth-order valence-electron chi connectivity index (χ4n) is 1.80. The van der Waals surface area contributed by atoms with Gasteiger partial charge in [-0.05, 0) is 18.6 Å². The van der Waals surface area contributed by atoms with Gasteiger partial charge < -0.3 is 15.8 Å². The van der Waals surface area contributed by atoms with Gasteiger partial charge in [-0.15, -0.1) is 23.7 Å². The summed E-state index contributed by atoms with van der Waals surface area (Å²) in [4.78, 5) is 16.1. The SMILES string of the molecule is CCC(CNC(=O)c1csc(CN)n1)Oc1ccccc1F.Cl. The number of thiazole rings is 1. The summed E-state index contributed by atoms with van der Waals surface area (Å²) in [6, 6.07) is 6.20. The molecule has 23 heavy (non-hydrogen) atoms. The summed E-state index contributed by atoms with van der Waals surface area (Å²) in [6.07, 6.45) is 0.327. The molecule has 3 N–H and O–H groups in total. The third-order valence-electron chi connectivity index (χ3n) is 3.03. The van der Waals surface area contributed by atoms with Crippen molar-refractivity contribution in [3.05, 3.63) is 46.2 Å². The molecule has 1 amide bonds. The van der Waals surface area contributed by atoms with Gasteiger partial charge in [-0.25, -0.2) is 9.37 Å². The van der Waals surface area contributed by atoms with Gasteiger partial charge in [0.1, 0.15) is 16.8 Å². The van der Waals surface area contributed by atoms with Crippen molar-refractivity contribution in [2.45, 2.75) is 26.0 Å². The van der Waals surface area contributed by atoms with Crippen molar-refractivity contribution in [3.8, 4) is 5.75 Å². The Morgan fingerprint density at radius 1 is 1.48 bits per heavy atom. The van der Waals surface area contributed by atoms with E-state index in [1.54, 1.807) is 23.6 Å². The second kappa shape index (κ2) is 9.44. The molecule has 126 valence electrons. The van der Waals surface area contributed by atoms with Crippen LogP contribution in [0.25, 0.3) is 0 Å². The van der Waals surface area contributed by atoms with Gasteiger partial charge in [0.05, 0.1) is 6.54 Å². The van der Waals surface area contributed by atoms with E-state index >= 15 is 0 Å². The minimum absolute atomic E-state index is 0. The van der Waals surface area contributed by atoms with E-state index in [0.29, 0.717) is 23.7 Å². The Hall–Kier alpha value is -1.70. The Morgan fingerprint density at radius 3 is 2.83 bits per heavy atom. The Bertz CT molecular complexity index is 639. The molecule has 5 nitrogen and oxygen atoms in total. The van der Waals surface area contributed by atoms with Crippen molar-refractivity contribution in [2.75, 3.05) is 6.54 Å². The Balaban J connectivity index is 0.00000264. The molecule has 0 aliphatic rings. The van der Waals surface area contributed by atoms with Crippen LogP contribution in [0.4, 0.5) is 4.39 Å². The Morgan fingerprint density at radius 2 is 2.22 bits per heavy atom. The molecule has 1 unspecified atom stereocenters. The largest absolute Gasteiger partial charge is 0.486 e. The van der Waals surface area contributed by atoms with E-state index in [-0.39, 0.29) is 36.7 Å². The first kappa shape index (κ1) is 19.3. The van der Waals surface area contributed by atoms with Crippen LogP contribution >= 0.6 is 23.7 Å². The first-order valence-corrected chi connectivity index (χ1v) is 7.85. The molecule has 1 aromatic carbocycles. The highest BCUT2D eigenvalue weighted by Gasteiger charge is 2.15. The average molecular weight is 360 g/mol. The second-order valence-corrected chi connectivity index (χ2v) is 5.56. The molecule has 1 atom stereocenters. The Labute approximate surface area is 144 Å². The predicted octanol–water partition coefficient (Wildman–Crippen LogP) is 2.75. The number of aromatic nitrogens is 1. The van der Waals surface area contributed by atoms with Gasteiger partial charge in [0.2, 0.25) is 0 Å². The van der Waals surface area contributed by atoms with Gasteiger partial charge in [0.15, 0.2) is 11.6 Å². The minimum Gasteiger partial charge on any atom is -0.486 e. The van der Waals surface area contributed by atoms with E-state index in [4.69, 9.17) is 10.5 Å². The van der Waals surface area contributed by atoms with Gasteiger partial charge >= 0.3 is 0 Å². The number of carbonyl (C=O) groups is 1. The number of hydrogen-bond acceptors (Lipinski definition) is 5. The fraction of sp³-hybridized carbons (Fsp3) is 0.333. The number of nitrogens with two attached hydrogens (primary N) is 1. The number of nitrogens with one attached hydrogen (secondary N) is 1. The third-order valence-corrected chi connectivity index (χ3v) is 3.91. The zero-order valence-corrected chi connectivity index (χ0v) is 14.3. The lowest BCUT2D eigenvalue weighted by Gasteiger charge is -2.18. The fourth-order valence-corrected chi connectivity index (χ4v) is 2.45. The van der Waals surface area contributed by atoms with Gasteiger partial charge in [0.25, 0.3) is 5.91 Å². The zero-order valence-electron chi connectivity index (χ0n) is 12.6. The molecule has 0 saturated carbocycles. The summed E-state index contributed by atoms with van der Waals surface area (Å²) in [5.74, 6) is -0.520. The number of benzene rings is 1. The van der Waals surface area contributed by atoms with Crippen LogP contribution in [0.1, 0.15) is 28.8 Å². The number of ether oxygens (including phenoxy) is 1. The van der Waals surface area contributed by atoms with Crippen molar-refractivity contribution in [1.29, 1.82) is 0 Å². The lowest BCUT2D eigenvalue weighted by molar-refractivity contribution is 0.0920. The lowest BCUT2D eigenvalue weighted by Crippen LogP contribution is -2.35. The number of para-hydroxylation sites is 1. The number of halogens is 2. The van der Waals surface area contributed by atoms with E-state index in [0.717, 1.165) is 0 Å². The molecule has 2 aromatic rings. The first-order chi connectivity index (χ1) is 10.6. The van der Waals surface area contributed by atoms with Crippen LogP contribution in [-0.2, 0) is 6.54 Å². The van der Waals surface area contributed by atoms with Crippen LogP contribution in [0.15, 0.2) is 29.6 Å². The standard InChI is InChI=1S/C15H18FN3O2S.ClH/c1-2-10(21-13-6-4-3-5-11(13)16)8-18-15(20)12-9-22-14(7-17)19-12;/h3-6,9-10H,2,7-8,17H2,1H3,(H,18,20);1H. The number of hydrogen-bond donors (Lipinski definition) is 2. The Kier molecular flexibility index (Phi) is 7.94. The highest BCUT2D eigenvalue weighted by Crippen LogP contribution is 2.18. The number of nitrogens with zero attached hydrogens (tertiary/aromatic N) is 1. The van der Waals surface area contributed by atoms with E-state index < -0.39 is 5.82 Å². The lowest BCUT2D eigenvalue weighted by atomic mass is 10.2. The maximum absolute atomic E-state index is 13.6. The predicted molar refractivity (Wildman–Crippen MR) is 90.7 cm³/mol. The van der Waals surface area contributed by atoms with Gasteiger partial charge in [-0.2, -0.15) is 0 Å². The molecule has 8 heteroatoms. The minimum atomic E-state index is -0.417. The summed E-state index contributed by atoms with van der Waals surface area (Å²) in [6.45, 7) is 2.50. The van der Waals surface area contributed by atoms with Crippen molar-refractivity contribution >= 4 is 29.7 Å². The molecule has 0 radical (unpaired) electrons. The molecule has 0 aliphatic carbocycles. The van der Waals surface area contributed by atoms with E-state index in [1.165, 1.54) is 17.4 Å². The van der Waals surface area contributed by atoms with Crippen LogP contribution in [0.3, 0.4) is 0 Å². The number of rotatable bonds is 7. The third kappa shape index (κ3) is 5.46. The summed E-state index contributed by atoms with van der Waals surface area (Å²) in [5.41, 5.74) is 5.81. The van der Waals surface area contributed by atoms with E-state index in [2.05, 4.69) is 10.3 Å². The van der Waals surface area contributed by atoms with E-state index in [9.17, 15) is 9.18 Å². The normalized spacial score (nSPS) is 11.4. The van der Waals surface area contributed by atoms with Crippen LogP contribution in [0.2, 0.25) is 0 Å². The van der Waals surface area contributed by atoms with Crippen LogP contribution in [-0.4, -0.2) is 23.5 Å². The number of carbonyl (C=O) groups excluding carboxylic acids is 1. The first-order valence-electron chi connectivity index (χ1n) is 6.97. The zero-order chi connectivity index (χ0) is 15.9. The number of amides is 1. The van der Waals surface area contributed by atoms with Crippen molar-refractivity contribution in [3.63, 3.8) is 0 Å². The van der Waals surface area contributed by atoms with Gasteiger partial charge in [0, 0.05) is 11.9 Å². The molecule has 0 saturated heterocycles. The molecular weight excluding hydrogens is 341 g/mol. The molecule has 1 aromatic heterocycles. The van der Waals surface area contributed by atoms with Crippen LogP contribution < -0.4 is 15.8 Å².